The van der Waals surface area contributed by atoms with Crippen molar-refractivity contribution in [3.8, 4) is 0 Å². The lowest BCUT2D eigenvalue weighted by Gasteiger charge is -2.26. The summed E-state index contributed by atoms with van der Waals surface area (Å²) in [4.78, 5) is 32.4. The second kappa shape index (κ2) is 10.8. The van der Waals surface area contributed by atoms with Crippen molar-refractivity contribution in [2.24, 2.45) is 4.99 Å². The average molecular weight is 442 g/mol. The lowest BCUT2D eigenvalue weighted by Crippen LogP contribution is -2.49. The van der Waals surface area contributed by atoms with Crippen LogP contribution in [0.1, 0.15) is 28.4 Å². The highest BCUT2D eigenvalue weighted by atomic mass is 35.5. The van der Waals surface area contributed by atoms with Crippen molar-refractivity contribution in [1.29, 1.82) is 0 Å². The van der Waals surface area contributed by atoms with Gasteiger partial charge in [-0.1, -0.05) is 41.9 Å². The molecule has 2 aromatic carbocycles. The zero-order chi connectivity index (χ0) is 22.2. The number of benzene rings is 2. The van der Waals surface area contributed by atoms with E-state index in [1.807, 2.05) is 55.3 Å². The second-order valence-corrected chi connectivity index (χ2v) is 7.80. The van der Waals surface area contributed by atoms with Gasteiger partial charge < -0.3 is 20.4 Å². The van der Waals surface area contributed by atoms with Gasteiger partial charge in [0, 0.05) is 43.8 Å². The van der Waals surface area contributed by atoms with E-state index in [1.54, 1.807) is 17.0 Å². The van der Waals surface area contributed by atoms with Crippen LogP contribution in [0, 0.1) is 0 Å². The van der Waals surface area contributed by atoms with Gasteiger partial charge in [0.05, 0.1) is 13.1 Å². The van der Waals surface area contributed by atoms with Crippen molar-refractivity contribution in [1.82, 2.24) is 20.4 Å². The van der Waals surface area contributed by atoms with E-state index < -0.39 is 0 Å². The first-order chi connectivity index (χ1) is 15.0. The summed E-state index contributed by atoms with van der Waals surface area (Å²) < 4.78 is 0. The van der Waals surface area contributed by atoms with Crippen molar-refractivity contribution in [2.45, 2.75) is 20.0 Å². The van der Waals surface area contributed by atoms with Crippen LogP contribution in [0.4, 0.5) is 0 Å². The predicted molar refractivity (Wildman–Crippen MR) is 123 cm³/mol. The minimum Gasteiger partial charge on any atom is -0.357 e. The van der Waals surface area contributed by atoms with Gasteiger partial charge in [-0.25, -0.2) is 4.99 Å². The number of carbonyl (C=O) groups excluding carboxylic acids is 2. The quantitative estimate of drug-likeness (QED) is 0.533. The third-order valence-electron chi connectivity index (χ3n) is 5.00. The first kappa shape index (κ1) is 22.6. The Bertz CT molecular complexity index is 945. The number of guanidine groups is 1. The molecule has 1 fully saturated rings. The molecule has 0 bridgehead atoms. The number of hydrogen-bond acceptors (Lipinski definition) is 3. The largest absolute Gasteiger partial charge is 0.357 e. The molecule has 31 heavy (non-hydrogen) atoms. The van der Waals surface area contributed by atoms with E-state index in [0.29, 0.717) is 31.7 Å². The summed E-state index contributed by atoms with van der Waals surface area (Å²) in [5.41, 5.74) is 2.60. The molecule has 0 aromatic heterocycles. The van der Waals surface area contributed by atoms with Gasteiger partial charge in [0.15, 0.2) is 5.96 Å². The maximum atomic E-state index is 12.6. The molecule has 0 spiro atoms. The fourth-order valence-electron chi connectivity index (χ4n) is 3.34. The van der Waals surface area contributed by atoms with Gasteiger partial charge in [0.2, 0.25) is 5.91 Å². The number of hydrogen-bond donors (Lipinski definition) is 2. The molecule has 3 rings (SSSR count). The van der Waals surface area contributed by atoms with E-state index in [4.69, 9.17) is 16.6 Å². The summed E-state index contributed by atoms with van der Waals surface area (Å²) in [6.45, 7) is 5.03. The molecule has 0 saturated carbocycles. The molecule has 1 aliphatic rings. The number of amides is 2. The molecule has 7 nitrogen and oxygen atoms in total. The third kappa shape index (κ3) is 6.21. The highest BCUT2D eigenvalue weighted by Crippen LogP contribution is 2.16. The van der Waals surface area contributed by atoms with Gasteiger partial charge in [-0.3, -0.25) is 9.59 Å². The molecular formula is C23H28ClN5O2. The zero-order valence-corrected chi connectivity index (χ0v) is 18.7. The van der Waals surface area contributed by atoms with E-state index >= 15 is 0 Å². The Balaban J connectivity index is 1.64. The van der Waals surface area contributed by atoms with Crippen LogP contribution >= 0.6 is 11.6 Å². The first-order valence-corrected chi connectivity index (χ1v) is 10.7. The Labute approximate surface area is 188 Å². The van der Waals surface area contributed by atoms with E-state index in [2.05, 4.69) is 10.6 Å². The molecule has 2 amide bonds. The van der Waals surface area contributed by atoms with Gasteiger partial charge in [0.25, 0.3) is 5.91 Å². The average Bonchev–Trinajstić information content (AvgIpc) is 2.78. The van der Waals surface area contributed by atoms with E-state index in [0.717, 1.165) is 28.7 Å². The van der Waals surface area contributed by atoms with Gasteiger partial charge in [-0.05, 0) is 36.2 Å². The fraction of sp³-hybridized carbons (Fsp3) is 0.348. The minimum absolute atomic E-state index is 0.106. The first-order valence-electron chi connectivity index (χ1n) is 10.4. The van der Waals surface area contributed by atoms with Crippen LogP contribution in [0.3, 0.4) is 0 Å². The SMILES string of the molecule is CCNC(=NCc1ccc(C(=O)N2CCNC(=O)C2)cc1)N(C)Cc1ccccc1Cl. The van der Waals surface area contributed by atoms with Gasteiger partial charge in [-0.2, -0.15) is 0 Å². The number of nitrogens with one attached hydrogen (secondary N) is 2. The highest BCUT2D eigenvalue weighted by Gasteiger charge is 2.22. The molecule has 0 aliphatic carbocycles. The van der Waals surface area contributed by atoms with Crippen LogP contribution in [0.25, 0.3) is 0 Å². The second-order valence-electron chi connectivity index (χ2n) is 7.39. The Kier molecular flexibility index (Phi) is 7.89. The van der Waals surface area contributed by atoms with Crippen molar-refractivity contribution in [3.05, 3.63) is 70.2 Å². The monoisotopic (exact) mass is 441 g/mol. The fourth-order valence-corrected chi connectivity index (χ4v) is 3.54. The van der Waals surface area contributed by atoms with Crippen LogP contribution in [-0.4, -0.2) is 60.8 Å². The van der Waals surface area contributed by atoms with Crippen LogP contribution < -0.4 is 10.6 Å². The maximum Gasteiger partial charge on any atom is 0.254 e. The summed E-state index contributed by atoms with van der Waals surface area (Å²) in [5.74, 6) is 0.530. The molecule has 164 valence electrons. The van der Waals surface area contributed by atoms with Crippen LogP contribution in [0.2, 0.25) is 5.02 Å². The molecule has 1 heterocycles. The predicted octanol–water partition coefficient (Wildman–Crippen LogP) is 2.51. The molecule has 1 aliphatic heterocycles. The lowest BCUT2D eigenvalue weighted by atomic mass is 10.1. The number of rotatable bonds is 6. The Morgan fingerprint density at radius 2 is 1.97 bits per heavy atom. The number of carbonyl (C=O) groups is 2. The Morgan fingerprint density at radius 3 is 2.65 bits per heavy atom. The molecule has 1 saturated heterocycles. The topological polar surface area (TPSA) is 77.0 Å². The Morgan fingerprint density at radius 1 is 1.23 bits per heavy atom. The van der Waals surface area contributed by atoms with Crippen molar-refractivity contribution >= 4 is 29.4 Å². The number of aliphatic imine (C=N–C) groups is 1. The lowest BCUT2D eigenvalue weighted by molar-refractivity contribution is -0.123. The molecule has 0 atom stereocenters. The molecule has 2 N–H and O–H groups in total. The number of nitrogens with zero attached hydrogens (tertiary/aromatic N) is 3. The van der Waals surface area contributed by atoms with Gasteiger partial charge in [-0.15, -0.1) is 0 Å². The number of halogens is 1. The van der Waals surface area contributed by atoms with Crippen molar-refractivity contribution in [2.75, 3.05) is 33.2 Å². The molecule has 8 heteroatoms. The highest BCUT2D eigenvalue weighted by molar-refractivity contribution is 6.31. The van der Waals surface area contributed by atoms with E-state index in [9.17, 15) is 9.59 Å². The molecular weight excluding hydrogens is 414 g/mol. The van der Waals surface area contributed by atoms with Gasteiger partial charge >= 0.3 is 0 Å². The summed E-state index contributed by atoms with van der Waals surface area (Å²) in [7, 11) is 1.97. The zero-order valence-electron chi connectivity index (χ0n) is 17.9. The van der Waals surface area contributed by atoms with Crippen molar-refractivity contribution in [3.63, 3.8) is 0 Å². The normalized spacial score (nSPS) is 14.2. The van der Waals surface area contributed by atoms with E-state index in [-0.39, 0.29) is 18.4 Å². The standard InChI is InChI=1S/C23H28ClN5O2/c1-3-25-23(28(2)15-19-6-4-5-7-20(19)24)27-14-17-8-10-18(11-9-17)22(31)29-13-12-26-21(30)16-29/h4-11H,3,12-16H2,1-2H3,(H,25,27)(H,26,30). The molecule has 2 aromatic rings. The van der Waals surface area contributed by atoms with Crippen LogP contribution in [0.5, 0.6) is 0 Å². The summed E-state index contributed by atoms with van der Waals surface area (Å²) >= 11 is 6.29. The molecule has 0 unspecified atom stereocenters. The van der Waals surface area contributed by atoms with E-state index in [1.165, 1.54) is 0 Å². The minimum atomic E-state index is -0.127. The Hall–Kier alpha value is -3.06. The number of piperazine rings is 1. The third-order valence-corrected chi connectivity index (χ3v) is 5.37. The summed E-state index contributed by atoms with van der Waals surface area (Å²) in [5, 5.41) is 6.76. The molecule has 0 radical (unpaired) electrons. The van der Waals surface area contributed by atoms with Crippen molar-refractivity contribution < 1.29 is 9.59 Å². The van der Waals surface area contributed by atoms with Crippen LogP contribution in [0.15, 0.2) is 53.5 Å². The smallest absolute Gasteiger partial charge is 0.254 e. The van der Waals surface area contributed by atoms with Gasteiger partial charge in [0.1, 0.15) is 0 Å². The van der Waals surface area contributed by atoms with Crippen LogP contribution in [-0.2, 0) is 17.9 Å². The summed E-state index contributed by atoms with van der Waals surface area (Å²) in [6, 6.07) is 15.2. The maximum absolute atomic E-state index is 12.6. The summed E-state index contributed by atoms with van der Waals surface area (Å²) in [6.07, 6.45) is 0.